The molecule has 2 fully saturated rings. The molecule has 2 rings (SSSR count). The summed E-state index contributed by atoms with van der Waals surface area (Å²) in [4.78, 5) is 25.6. The van der Waals surface area contributed by atoms with E-state index in [0.717, 1.165) is 11.8 Å². The van der Waals surface area contributed by atoms with Crippen LogP contribution < -0.4 is 5.32 Å². The maximum absolute atomic E-state index is 12.3. The Balaban J connectivity index is 1.81. The predicted molar refractivity (Wildman–Crippen MR) is 74.5 cm³/mol. The number of fused-ring (bicyclic) bond motifs is 2. The summed E-state index contributed by atoms with van der Waals surface area (Å²) in [5.74, 6) is 2.34. The number of likely N-dealkylation sites (N-methyl/N-ethyl adjacent to an activating group) is 2. The molecular formula is C15H26N2O2. The van der Waals surface area contributed by atoms with Crippen LogP contribution in [0.25, 0.3) is 0 Å². The highest BCUT2D eigenvalue weighted by Crippen LogP contribution is 2.49. The van der Waals surface area contributed by atoms with E-state index in [2.05, 4.69) is 5.32 Å². The fourth-order valence-electron chi connectivity index (χ4n) is 3.78. The Hall–Kier alpha value is -1.06. The molecule has 2 aliphatic rings. The first-order valence-corrected chi connectivity index (χ1v) is 7.68. The quantitative estimate of drug-likeness (QED) is 0.797. The summed E-state index contributed by atoms with van der Waals surface area (Å²) in [6.07, 6.45) is 5.89. The lowest BCUT2D eigenvalue weighted by Crippen LogP contribution is -2.41. The van der Waals surface area contributed by atoms with Crippen LogP contribution in [0.1, 0.15) is 46.0 Å². The molecule has 3 atom stereocenters. The highest BCUT2D eigenvalue weighted by Gasteiger charge is 2.40. The molecule has 0 spiro atoms. The van der Waals surface area contributed by atoms with Crippen molar-refractivity contribution in [3.05, 3.63) is 0 Å². The topological polar surface area (TPSA) is 49.4 Å². The van der Waals surface area contributed by atoms with Crippen molar-refractivity contribution in [2.75, 3.05) is 19.6 Å². The van der Waals surface area contributed by atoms with E-state index in [0.29, 0.717) is 25.4 Å². The van der Waals surface area contributed by atoms with Crippen LogP contribution in [-0.4, -0.2) is 36.3 Å². The van der Waals surface area contributed by atoms with Crippen LogP contribution >= 0.6 is 0 Å². The van der Waals surface area contributed by atoms with Crippen molar-refractivity contribution in [2.45, 2.75) is 46.0 Å². The first-order chi connectivity index (χ1) is 9.13. The number of carbonyl (C=O) groups is 2. The van der Waals surface area contributed by atoms with Crippen LogP contribution in [0.15, 0.2) is 0 Å². The molecule has 0 radical (unpaired) electrons. The van der Waals surface area contributed by atoms with Gasteiger partial charge in [-0.2, -0.15) is 0 Å². The third kappa shape index (κ3) is 3.48. The fourth-order valence-corrected chi connectivity index (χ4v) is 3.78. The van der Waals surface area contributed by atoms with Crippen molar-refractivity contribution < 1.29 is 9.59 Å². The molecule has 4 nitrogen and oxygen atoms in total. The van der Waals surface area contributed by atoms with Crippen molar-refractivity contribution in [3.63, 3.8) is 0 Å². The van der Waals surface area contributed by atoms with Gasteiger partial charge in [0.1, 0.15) is 0 Å². The number of hydrogen-bond acceptors (Lipinski definition) is 2. The molecule has 2 saturated carbocycles. The van der Waals surface area contributed by atoms with E-state index in [4.69, 9.17) is 0 Å². The van der Waals surface area contributed by atoms with Crippen LogP contribution in [-0.2, 0) is 9.59 Å². The van der Waals surface area contributed by atoms with Gasteiger partial charge in [-0.05, 0) is 50.9 Å². The molecule has 0 saturated heterocycles. The zero-order chi connectivity index (χ0) is 13.8. The van der Waals surface area contributed by atoms with Gasteiger partial charge in [0, 0.05) is 19.5 Å². The minimum Gasteiger partial charge on any atom is -0.355 e. The maximum atomic E-state index is 12.3. The normalized spacial score (nSPS) is 28.4. The van der Waals surface area contributed by atoms with Gasteiger partial charge in [-0.15, -0.1) is 0 Å². The molecule has 108 valence electrons. The average molecular weight is 266 g/mol. The second-order valence-electron chi connectivity index (χ2n) is 6.00. The second-order valence-corrected chi connectivity index (χ2v) is 6.00. The molecule has 2 bridgehead atoms. The third-order valence-electron chi connectivity index (χ3n) is 4.76. The Bertz CT molecular complexity index is 343. The molecule has 0 aromatic heterocycles. The first kappa shape index (κ1) is 14.4. The van der Waals surface area contributed by atoms with E-state index in [1.54, 1.807) is 4.90 Å². The molecule has 4 heteroatoms. The number of nitrogens with one attached hydrogen (secondary N) is 1. The van der Waals surface area contributed by atoms with Crippen molar-refractivity contribution in [1.82, 2.24) is 10.2 Å². The summed E-state index contributed by atoms with van der Waals surface area (Å²) in [7, 11) is 0. The molecule has 0 aliphatic heterocycles. The molecule has 2 amide bonds. The van der Waals surface area contributed by atoms with Gasteiger partial charge in [0.25, 0.3) is 0 Å². The fraction of sp³-hybridized carbons (Fsp3) is 0.867. The van der Waals surface area contributed by atoms with Crippen molar-refractivity contribution in [1.29, 1.82) is 0 Å². The monoisotopic (exact) mass is 266 g/mol. The van der Waals surface area contributed by atoms with E-state index in [1.165, 1.54) is 25.7 Å². The number of hydrogen-bond donors (Lipinski definition) is 1. The van der Waals surface area contributed by atoms with Gasteiger partial charge in [-0.1, -0.05) is 6.42 Å². The Kier molecular flexibility index (Phi) is 4.83. The highest BCUT2D eigenvalue weighted by molar-refractivity contribution is 5.84. The van der Waals surface area contributed by atoms with Crippen LogP contribution in [0, 0.1) is 17.8 Å². The molecule has 3 unspecified atom stereocenters. The van der Waals surface area contributed by atoms with Crippen molar-refractivity contribution in [3.8, 4) is 0 Å². The number of rotatable bonds is 6. The minimum atomic E-state index is -0.0503. The van der Waals surface area contributed by atoms with Gasteiger partial charge in [-0.3, -0.25) is 9.59 Å². The average Bonchev–Trinajstić information content (AvgIpc) is 2.98. The molecule has 0 heterocycles. The van der Waals surface area contributed by atoms with Crippen LogP contribution in [0.3, 0.4) is 0 Å². The van der Waals surface area contributed by atoms with E-state index in [-0.39, 0.29) is 18.4 Å². The molecule has 0 aromatic rings. The summed E-state index contributed by atoms with van der Waals surface area (Å²) in [6, 6.07) is 0. The summed E-state index contributed by atoms with van der Waals surface area (Å²) in [5, 5.41) is 2.75. The zero-order valence-electron chi connectivity index (χ0n) is 12.2. The largest absolute Gasteiger partial charge is 0.355 e. The van der Waals surface area contributed by atoms with Crippen LogP contribution in [0.5, 0.6) is 0 Å². The lowest BCUT2D eigenvalue weighted by Gasteiger charge is -2.25. The van der Waals surface area contributed by atoms with Gasteiger partial charge in [0.05, 0.1) is 6.54 Å². The Morgan fingerprint density at radius 1 is 1.21 bits per heavy atom. The summed E-state index contributed by atoms with van der Waals surface area (Å²) in [5.41, 5.74) is 0. The molecule has 19 heavy (non-hydrogen) atoms. The van der Waals surface area contributed by atoms with E-state index >= 15 is 0 Å². The van der Waals surface area contributed by atoms with Gasteiger partial charge >= 0.3 is 0 Å². The number of amides is 2. The smallest absolute Gasteiger partial charge is 0.239 e. The van der Waals surface area contributed by atoms with Gasteiger partial charge < -0.3 is 10.2 Å². The first-order valence-electron chi connectivity index (χ1n) is 7.68. The summed E-state index contributed by atoms with van der Waals surface area (Å²) in [6.45, 7) is 5.29. The summed E-state index contributed by atoms with van der Waals surface area (Å²) < 4.78 is 0. The molecule has 0 aromatic carbocycles. The molecular weight excluding hydrogens is 240 g/mol. The minimum absolute atomic E-state index is 0.0503. The van der Waals surface area contributed by atoms with Crippen molar-refractivity contribution in [2.24, 2.45) is 17.8 Å². The maximum Gasteiger partial charge on any atom is 0.239 e. The van der Waals surface area contributed by atoms with Gasteiger partial charge in [0.15, 0.2) is 0 Å². The molecule has 2 aliphatic carbocycles. The predicted octanol–water partition coefficient (Wildman–Crippen LogP) is 1.80. The Morgan fingerprint density at radius 2 is 2.00 bits per heavy atom. The summed E-state index contributed by atoms with van der Waals surface area (Å²) >= 11 is 0. The zero-order valence-corrected chi connectivity index (χ0v) is 12.2. The van der Waals surface area contributed by atoms with E-state index in [9.17, 15) is 9.59 Å². The third-order valence-corrected chi connectivity index (χ3v) is 4.76. The number of nitrogens with zero attached hydrogens (tertiary/aromatic N) is 1. The SMILES string of the molecule is CCNC(=O)CN(CC)C(=O)CC1CC2CCC1C2. The Morgan fingerprint density at radius 3 is 2.53 bits per heavy atom. The van der Waals surface area contributed by atoms with Gasteiger partial charge in [-0.25, -0.2) is 0 Å². The second kappa shape index (κ2) is 6.40. The van der Waals surface area contributed by atoms with Crippen LogP contribution in [0.4, 0.5) is 0 Å². The Labute approximate surface area is 115 Å². The lowest BCUT2D eigenvalue weighted by molar-refractivity contribution is -0.136. The van der Waals surface area contributed by atoms with Crippen molar-refractivity contribution >= 4 is 11.8 Å². The highest BCUT2D eigenvalue weighted by atomic mass is 16.2. The van der Waals surface area contributed by atoms with Crippen LogP contribution in [0.2, 0.25) is 0 Å². The van der Waals surface area contributed by atoms with E-state index in [1.807, 2.05) is 13.8 Å². The molecule has 1 N–H and O–H groups in total. The lowest BCUT2D eigenvalue weighted by atomic mass is 9.86. The van der Waals surface area contributed by atoms with E-state index < -0.39 is 0 Å². The standard InChI is InChI=1S/C15H26N2O2/c1-3-16-14(18)10-17(4-2)15(19)9-13-8-11-5-6-12(13)7-11/h11-13H,3-10H2,1-2H3,(H,16,18). The van der Waals surface area contributed by atoms with Gasteiger partial charge in [0.2, 0.25) is 11.8 Å². The number of carbonyl (C=O) groups excluding carboxylic acids is 2.